The van der Waals surface area contributed by atoms with Crippen LogP contribution in [0.1, 0.15) is 36.0 Å². The summed E-state index contributed by atoms with van der Waals surface area (Å²) in [5, 5.41) is 38.7. The smallest absolute Gasteiger partial charge is 0.317 e. The number of aromatic nitrogens is 2. The normalized spacial score (nSPS) is 19.9. The first-order valence-electron chi connectivity index (χ1n) is 9.11. The van der Waals surface area contributed by atoms with E-state index in [0.717, 1.165) is 23.1 Å². The third kappa shape index (κ3) is 3.12. The molecule has 0 spiro atoms. The summed E-state index contributed by atoms with van der Waals surface area (Å²) in [6.45, 7) is 5.37. The summed E-state index contributed by atoms with van der Waals surface area (Å²) in [6.07, 6.45) is -3.94. The van der Waals surface area contributed by atoms with E-state index in [2.05, 4.69) is 6.92 Å². The van der Waals surface area contributed by atoms with E-state index in [1.165, 1.54) is 9.13 Å². The second-order valence-electron chi connectivity index (χ2n) is 7.47. The lowest BCUT2D eigenvalue weighted by atomic mass is 9.87. The quantitative estimate of drug-likeness (QED) is 0.513. The molecule has 0 amide bonds. The van der Waals surface area contributed by atoms with Crippen molar-refractivity contribution in [1.29, 1.82) is 0 Å². The topological polar surface area (TPSA) is 125 Å². The molecular formula is C19H26N2O6. The van der Waals surface area contributed by atoms with Gasteiger partial charge in [0.2, 0.25) is 0 Å². The molecule has 0 saturated carbocycles. The Morgan fingerprint density at radius 1 is 1.15 bits per heavy atom. The lowest BCUT2D eigenvalue weighted by molar-refractivity contribution is -0.0805. The minimum absolute atomic E-state index is 0.226. The molecular weight excluding hydrogens is 352 g/mol. The molecule has 4 unspecified atom stereocenters. The van der Waals surface area contributed by atoms with Gasteiger partial charge in [-0.15, -0.1) is 0 Å². The van der Waals surface area contributed by atoms with Crippen molar-refractivity contribution in [2.75, 3.05) is 6.61 Å². The molecule has 3 rings (SSSR count). The molecule has 2 aromatic rings. The fraction of sp³-hybridized carbons (Fsp3) is 0.579. The Morgan fingerprint density at radius 2 is 1.81 bits per heavy atom. The van der Waals surface area contributed by atoms with Gasteiger partial charge in [0.25, 0.3) is 0 Å². The van der Waals surface area contributed by atoms with E-state index in [1.54, 1.807) is 0 Å². The fourth-order valence-electron chi connectivity index (χ4n) is 3.97. The number of nitrogens with zero attached hydrogens (tertiary/aromatic N) is 2. The molecule has 8 heteroatoms. The molecule has 4 atom stereocenters. The summed E-state index contributed by atoms with van der Waals surface area (Å²) in [4.78, 5) is 25.4. The van der Waals surface area contributed by atoms with Crippen molar-refractivity contribution < 1.29 is 20.4 Å². The van der Waals surface area contributed by atoms with Gasteiger partial charge in [-0.3, -0.25) is 14.2 Å². The van der Waals surface area contributed by atoms with E-state index in [1.807, 2.05) is 19.9 Å². The van der Waals surface area contributed by atoms with Gasteiger partial charge < -0.3 is 25.0 Å². The Hall–Kier alpha value is -2.00. The average Bonchev–Trinajstić information content (AvgIpc) is 2.65. The van der Waals surface area contributed by atoms with Crippen LogP contribution in [0.25, 0.3) is 11.0 Å². The van der Waals surface area contributed by atoms with Gasteiger partial charge in [-0.05, 0) is 48.9 Å². The number of aryl methyl sites for hydroxylation is 2. The van der Waals surface area contributed by atoms with E-state index >= 15 is 0 Å². The van der Waals surface area contributed by atoms with E-state index in [9.17, 15) is 24.9 Å². The van der Waals surface area contributed by atoms with E-state index in [4.69, 9.17) is 5.11 Å². The highest BCUT2D eigenvalue weighted by Gasteiger charge is 2.29. The predicted octanol–water partition coefficient (Wildman–Crippen LogP) is -0.638. The molecule has 1 aromatic carbocycles. The number of benzene rings is 1. The lowest BCUT2D eigenvalue weighted by Gasteiger charge is -2.29. The number of aliphatic hydroxyl groups is 4. The maximum Gasteiger partial charge on any atom is 0.317 e. The number of aliphatic hydroxyl groups excluding tert-OH is 4. The van der Waals surface area contributed by atoms with Crippen LogP contribution in [0.15, 0.2) is 15.7 Å². The van der Waals surface area contributed by atoms with Gasteiger partial charge in [0.1, 0.15) is 18.3 Å². The van der Waals surface area contributed by atoms with Crippen LogP contribution >= 0.6 is 0 Å². The molecule has 0 fully saturated rings. The van der Waals surface area contributed by atoms with Crippen LogP contribution in [-0.4, -0.2) is 54.5 Å². The number of hydrogen-bond donors (Lipinski definition) is 4. The standard InChI is InChI=1S/C19H26N2O6/c1-9-4-5-20-16-12(6-10(2)11(3)15(9)16)21(19(27)18(20)26)7-13(23)17(25)14(24)8-22/h6,9,13-14,17,22-25H,4-5,7-8H2,1-3H3. The monoisotopic (exact) mass is 378 g/mol. The minimum atomic E-state index is -1.64. The van der Waals surface area contributed by atoms with Crippen molar-refractivity contribution in [1.82, 2.24) is 9.13 Å². The van der Waals surface area contributed by atoms with Gasteiger partial charge in [-0.2, -0.15) is 0 Å². The zero-order chi connectivity index (χ0) is 20.0. The maximum atomic E-state index is 12.7. The Kier molecular flexibility index (Phi) is 5.27. The zero-order valence-corrected chi connectivity index (χ0v) is 15.7. The molecule has 0 bridgehead atoms. The van der Waals surface area contributed by atoms with E-state index in [0.29, 0.717) is 17.6 Å². The predicted molar refractivity (Wildman–Crippen MR) is 100 cm³/mol. The molecule has 0 aliphatic carbocycles. The van der Waals surface area contributed by atoms with E-state index in [-0.39, 0.29) is 12.5 Å². The van der Waals surface area contributed by atoms with Crippen molar-refractivity contribution >= 4 is 11.0 Å². The summed E-state index contributed by atoms with van der Waals surface area (Å²) < 4.78 is 2.67. The van der Waals surface area contributed by atoms with Gasteiger partial charge >= 0.3 is 11.1 Å². The Balaban J connectivity index is 2.26. The van der Waals surface area contributed by atoms with Crippen LogP contribution in [-0.2, 0) is 13.1 Å². The SMILES string of the molecule is Cc1cc2c3c(c1C)C(C)CCn3c(=O)c(=O)n2CC(O)C(O)C(O)CO. The van der Waals surface area contributed by atoms with Crippen molar-refractivity contribution in [3.05, 3.63) is 43.5 Å². The maximum absolute atomic E-state index is 12.7. The van der Waals surface area contributed by atoms with E-state index < -0.39 is 36.0 Å². The highest BCUT2D eigenvalue weighted by atomic mass is 16.4. The third-order valence-corrected chi connectivity index (χ3v) is 5.70. The molecule has 27 heavy (non-hydrogen) atoms. The molecule has 148 valence electrons. The highest BCUT2D eigenvalue weighted by molar-refractivity contribution is 5.83. The number of rotatable bonds is 5. The first-order chi connectivity index (χ1) is 12.7. The summed E-state index contributed by atoms with van der Waals surface area (Å²) in [7, 11) is 0. The second kappa shape index (κ2) is 7.20. The first-order valence-corrected chi connectivity index (χ1v) is 9.11. The van der Waals surface area contributed by atoms with Crippen LogP contribution in [0.4, 0.5) is 0 Å². The minimum Gasteiger partial charge on any atom is -0.394 e. The highest BCUT2D eigenvalue weighted by Crippen LogP contribution is 2.35. The molecule has 1 aromatic heterocycles. The third-order valence-electron chi connectivity index (χ3n) is 5.70. The molecule has 4 N–H and O–H groups in total. The van der Waals surface area contributed by atoms with Gasteiger partial charge in [0, 0.05) is 6.54 Å². The van der Waals surface area contributed by atoms with Crippen molar-refractivity contribution in [3.8, 4) is 0 Å². The molecule has 1 aliphatic heterocycles. The Labute approximate surface area is 155 Å². The van der Waals surface area contributed by atoms with Gasteiger partial charge in [0.15, 0.2) is 0 Å². The molecule has 8 nitrogen and oxygen atoms in total. The zero-order valence-electron chi connectivity index (χ0n) is 15.7. The van der Waals surface area contributed by atoms with Crippen LogP contribution < -0.4 is 11.1 Å². The van der Waals surface area contributed by atoms with Gasteiger partial charge in [-0.25, -0.2) is 0 Å². The van der Waals surface area contributed by atoms with Crippen molar-refractivity contribution in [2.24, 2.45) is 0 Å². The lowest BCUT2D eigenvalue weighted by Crippen LogP contribution is -2.47. The number of hydrogen-bond acceptors (Lipinski definition) is 6. The van der Waals surface area contributed by atoms with Crippen LogP contribution in [0.5, 0.6) is 0 Å². The second-order valence-corrected chi connectivity index (χ2v) is 7.47. The molecule has 0 radical (unpaired) electrons. The molecule has 1 aliphatic rings. The Morgan fingerprint density at radius 3 is 2.44 bits per heavy atom. The largest absolute Gasteiger partial charge is 0.394 e. The van der Waals surface area contributed by atoms with Crippen molar-refractivity contribution in [3.63, 3.8) is 0 Å². The van der Waals surface area contributed by atoms with Crippen molar-refractivity contribution in [2.45, 2.75) is 64.5 Å². The van der Waals surface area contributed by atoms with Crippen LogP contribution in [0.2, 0.25) is 0 Å². The summed E-state index contributed by atoms with van der Waals surface area (Å²) in [5.74, 6) is 0.226. The van der Waals surface area contributed by atoms with Gasteiger partial charge in [0.05, 0.1) is 24.2 Å². The van der Waals surface area contributed by atoms with Crippen LogP contribution in [0.3, 0.4) is 0 Å². The summed E-state index contributed by atoms with van der Waals surface area (Å²) in [6, 6.07) is 1.81. The van der Waals surface area contributed by atoms with Crippen LogP contribution in [0, 0.1) is 13.8 Å². The average molecular weight is 378 g/mol. The summed E-state index contributed by atoms with van der Waals surface area (Å²) >= 11 is 0. The van der Waals surface area contributed by atoms with Gasteiger partial charge in [-0.1, -0.05) is 6.92 Å². The molecule has 0 saturated heterocycles. The summed E-state index contributed by atoms with van der Waals surface area (Å²) in [5.41, 5.74) is 2.83. The first kappa shape index (κ1) is 19.8. The Bertz CT molecular complexity index is 993. The fourth-order valence-corrected chi connectivity index (χ4v) is 3.97. The molecule has 2 heterocycles.